The molecule has 0 aliphatic carbocycles. The van der Waals surface area contributed by atoms with Crippen LogP contribution in [0.1, 0.15) is 194 Å². The molecule has 0 bridgehead atoms. The van der Waals surface area contributed by atoms with Crippen LogP contribution < -0.4 is 47.4 Å². The summed E-state index contributed by atoms with van der Waals surface area (Å²) in [7, 11) is 0. The second-order valence-electron chi connectivity index (χ2n) is 31.9. The Morgan fingerprint density at radius 2 is 0.493 bits per heavy atom. The molecule has 0 amide bonds. The molecule has 34 heteroatoms. The van der Waals surface area contributed by atoms with Crippen LogP contribution in [0, 0.1) is 93.1 Å². The lowest BCUT2D eigenvalue weighted by atomic mass is 9.96. The SMILES string of the molecule is CCCc1ccc(C(F)(F)Oc2cc3c(c(F)c2F)Oc2c(ccc(CCC)c2F)C3)c(F)c1.CCCc1ccc(C(F)(F)Oc2cc3c(c(F)c2F)Oc2c(ccc(CCC)c2F)C3)cc1.CCCc1ccc(C(F)(F)Oc2cc3c(c(F)c2F)Oc2c(ccc(OCC)c2F)C3)c(F)c1.CCCc1ccc(C(F)(F)Oc2cc3c(c(F)c2F)Oc2c(ccc(OCC)c2F)C3)c(F)c1F. The zero-order valence-electron chi connectivity index (χ0n) is 73.7. The summed E-state index contributed by atoms with van der Waals surface area (Å²) in [6.07, 6.45) is -10.6. The van der Waals surface area contributed by atoms with Crippen molar-refractivity contribution in [3.63, 3.8) is 0 Å². The van der Waals surface area contributed by atoms with E-state index in [2.05, 4.69) is 18.9 Å². The lowest BCUT2D eigenvalue weighted by Gasteiger charge is -2.25. The maximum absolute atomic E-state index is 14.8. The van der Waals surface area contributed by atoms with Crippen molar-refractivity contribution in [1.29, 1.82) is 0 Å². The molecular weight excluding hydrogens is 1840 g/mol. The highest BCUT2D eigenvalue weighted by atomic mass is 19.3. The highest BCUT2D eigenvalue weighted by Gasteiger charge is 2.46. The molecule has 0 spiro atoms. The number of fused-ring (bicyclic) bond motifs is 8. The van der Waals surface area contributed by atoms with Gasteiger partial charge in [0.05, 0.1) is 29.9 Å². The maximum atomic E-state index is 14.8. The van der Waals surface area contributed by atoms with Crippen molar-refractivity contribution in [2.45, 2.75) is 183 Å². The predicted octanol–water partition coefficient (Wildman–Crippen LogP) is 30.8. The summed E-state index contributed by atoms with van der Waals surface area (Å²) in [6.45, 7) is 14.7. The Kier molecular flexibility index (Phi) is 30.8. The Balaban J connectivity index is 0.000000153. The highest BCUT2D eigenvalue weighted by molar-refractivity contribution is 5.61. The van der Waals surface area contributed by atoms with Crippen LogP contribution in [0.4, 0.5) is 105 Å². The van der Waals surface area contributed by atoms with Gasteiger partial charge in [-0.1, -0.05) is 147 Å². The molecule has 0 saturated heterocycles. The smallest absolute Gasteiger partial charge is 0.429 e. The molecule has 4 aliphatic heterocycles. The Labute approximate surface area is 764 Å². The van der Waals surface area contributed by atoms with Crippen molar-refractivity contribution >= 4 is 0 Å². The van der Waals surface area contributed by atoms with Crippen LogP contribution in [0.5, 0.6) is 80.5 Å². The molecule has 0 atom stereocenters. The Hall–Kier alpha value is -13.0. The zero-order valence-corrected chi connectivity index (χ0v) is 73.7. The van der Waals surface area contributed by atoms with E-state index < -0.39 is 186 Å². The highest BCUT2D eigenvalue weighted by Crippen LogP contribution is 2.53. The topological polar surface area (TPSA) is 92.3 Å². The summed E-state index contributed by atoms with van der Waals surface area (Å²) in [5.41, 5.74) is -0.376. The average Bonchev–Trinajstić information content (AvgIpc) is 0.765. The summed E-state index contributed by atoms with van der Waals surface area (Å²) in [5, 5.41) is 0. The number of rotatable bonds is 28. The van der Waals surface area contributed by atoms with Crippen LogP contribution in [-0.2, 0) is 88.6 Å². The lowest BCUT2D eigenvalue weighted by molar-refractivity contribution is -0.190. The van der Waals surface area contributed by atoms with Crippen molar-refractivity contribution in [2.75, 3.05) is 13.2 Å². The van der Waals surface area contributed by atoms with E-state index in [1.807, 2.05) is 34.6 Å². The van der Waals surface area contributed by atoms with Gasteiger partial charge in [0.1, 0.15) is 17.2 Å². The van der Waals surface area contributed by atoms with E-state index in [0.717, 1.165) is 73.0 Å². The summed E-state index contributed by atoms with van der Waals surface area (Å²) < 4.78 is 401. The van der Waals surface area contributed by atoms with Crippen molar-refractivity contribution < 1.29 is 153 Å². The van der Waals surface area contributed by atoms with Crippen LogP contribution in [0.25, 0.3) is 0 Å². The Morgan fingerprint density at radius 1 is 0.228 bits per heavy atom. The Bertz CT molecular complexity index is 6290. The first kappa shape index (κ1) is 100. The van der Waals surface area contributed by atoms with E-state index in [1.165, 1.54) is 48.5 Å². The fourth-order valence-corrected chi connectivity index (χ4v) is 15.6. The normalized spacial score (nSPS) is 12.6. The monoisotopic (exact) mass is 1920 g/mol. The van der Waals surface area contributed by atoms with Crippen molar-refractivity contribution in [3.8, 4) is 80.5 Å². The van der Waals surface area contributed by atoms with Gasteiger partial charge in [-0.25, -0.2) is 26.3 Å². The molecule has 0 unspecified atom stereocenters. The van der Waals surface area contributed by atoms with Crippen molar-refractivity contribution in [3.05, 3.63) is 339 Å². The van der Waals surface area contributed by atoms with Gasteiger partial charge in [-0.2, -0.15) is 79.0 Å². The molecule has 10 nitrogen and oxygen atoms in total. The second-order valence-corrected chi connectivity index (χ2v) is 31.9. The number of halogens is 24. The average molecular weight is 1930 g/mol. The molecule has 0 aromatic heterocycles. The van der Waals surface area contributed by atoms with Crippen LogP contribution in [0.3, 0.4) is 0 Å². The predicted molar refractivity (Wildman–Crippen MR) is 453 cm³/mol. The van der Waals surface area contributed by atoms with Gasteiger partial charge in [0.15, 0.2) is 104 Å². The lowest BCUT2D eigenvalue weighted by Crippen LogP contribution is -2.25. The molecule has 0 fully saturated rings. The molecule has 0 radical (unpaired) electrons. The Morgan fingerprint density at radius 3 is 0.809 bits per heavy atom. The number of benzene rings is 12. The fraction of sp³-hybridized carbons (Fsp3) is 0.294. The summed E-state index contributed by atoms with van der Waals surface area (Å²) in [5.74, 6) is -30.6. The third-order valence-electron chi connectivity index (χ3n) is 22.2. The van der Waals surface area contributed by atoms with E-state index in [0.29, 0.717) is 97.2 Å². The van der Waals surface area contributed by atoms with Gasteiger partial charge < -0.3 is 47.4 Å². The minimum Gasteiger partial charge on any atom is -0.491 e. The van der Waals surface area contributed by atoms with E-state index in [1.54, 1.807) is 57.2 Å². The van der Waals surface area contributed by atoms with E-state index in [4.69, 9.17) is 28.4 Å². The number of alkyl halides is 8. The number of ether oxygens (including phenoxy) is 10. The summed E-state index contributed by atoms with van der Waals surface area (Å²) in [6, 6.07) is 28.8. The quantitative estimate of drug-likeness (QED) is 0.0442. The first-order chi connectivity index (χ1) is 64.6. The number of aryl methyl sites for hydroxylation is 6. The van der Waals surface area contributed by atoms with Gasteiger partial charge in [0, 0.05) is 70.2 Å². The number of hydrogen-bond donors (Lipinski definition) is 0. The van der Waals surface area contributed by atoms with Gasteiger partial charge in [-0.3, -0.25) is 0 Å². The second kappa shape index (κ2) is 41.7. The van der Waals surface area contributed by atoms with Crippen molar-refractivity contribution in [1.82, 2.24) is 0 Å². The van der Waals surface area contributed by atoms with Gasteiger partial charge in [0.2, 0.25) is 58.2 Å². The van der Waals surface area contributed by atoms with Crippen molar-refractivity contribution in [2.24, 2.45) is 0 Å². The van der Waals surface area contributed by atoms with Crippen LogP contribution in [-0.4, -0.2) is 13.2 Å². The van der Waals surface area contributed by atoms with E-state index >= 15 is 0 Å². The molecule has 0 saturated carbocycles. The molecule has 4 aliphatic rings. The minimum absolute atomic E-state index is 0.00129. The third kappa shape index (κ3) is 21.0. The molecule has 12 aromatic carbocycles. The van der Waals surface area contributed by atoms with Gasteiger partial charge >= 0.3 is 24.4 Å². The van der Waals surface area contributed by atoms with Crippen LogP contribution in [0.2, 0.25) is 0 Å². The first-order valence-corrected chi connectivity index (χ1v) is 43.3. The summed E-state index contributed by atoms with van der Waals surface area (Å²) >= 11 is 0. The molecule has 0 N–H and O–H groups in total. The zero-order chi connectivity index (χ0) is 98.5. The largest absolute Gasteiger partial charge is 0.491 e. The molecule has 136 heavy (non-hydrogen) atoms. The minimum atomic E-state index is -4.54. The van der Waals surface area contributed by atoms with E-state index in [-0.39, 0.29) is 119 Å². The molecule has 4 heterocycles. The van der Waals surface area contributed by atoms with Crippen LogP contribution in [0.15, 0.2) is 146 Å². The summed E-state index contributed by atoms with van der Waals surface area (Å²) in [4.78, 5) is 0. The first-order valence-electron chi connectivity index (χ1n) is 43.3. The standard InChI is InChI=1S/C26H22F6O2.C26H23F5O2.C25H19F7O3.C25H20F6O3/c1-3-5-14-7-10-18(19(27)11-14)26(31,32)34-20-13-17-12-16-9-8-15(6-4-2)21(28)24(16)33-25(17)23(30)22(20)29;1-3-5-15-7-11-19(12-8-15)26(30,31)33-20-14-18-13-17-10-9-16(6-4-2)21(27)24(17)32-25(18)23(29)22(20)28;1-3-5-12-6-8-15(19(27)18(12)26)25(31,32)35-17-11-14-10-13-7-9-16(33-4-2)21(29)23(13)34-24(14)22(30)20(17)28;1-3-5-13-6-8-16(17(26)10-13)25(30,31)34-19-12-15-11-14-7-9-18(32-4-2)21(28)23(14)33-24(15)22(29)20(19)27/h7-11,13H,3-6,12H2,1-2H3;7-12,14H,3-6,13H2,1-2H3;6-9,11H,3-5,10H2,1-2H3;6-10,12H,3-5,11H2,1-2H3. The molecule has 720 valence electrons. The fourth-order valence-electron chi connectivity index (χ4n) is 15.6. The van der Waals surface area contributed by atoms with Gasteiger partial charge in [-0.05, 0) is 165 Å². The van der Waals surface area contributed by atoms with Gasteiger partial charge in [-0.15, -0.1) is 0 Å². The van der Waals surface area contributed by atoms with Gasteiger partial charge in [0.25, 0.3) is 0 Å². The molecular formula is C102H84F24O10. The van der Waals surface area contributed by atoms with E-state index in [9.17, 15) is 105 Å². The third-order valence-corrected chi connectivity index (χ3v) is 22.2. The van der Waals surface area contributed by atoms with Crippen LogP contribution >= 0.6 is 0 Å². The number of hydrogen-bond acceptors (Lipinski definition) is 10. The molecule has 16 rings (SSSR count). The molecule has 12 aromatic rings. The maximum Gasteiger partial charge on any atom is 0.429 e.